The molecule has 244 valence electrons. The predicted molar refractivity (Wildman–Crippen MR) is 187 cm³/mol. The largest absolute Gasteiger partial charge is 0.494 e. The van der Waals surface area contributed by atoms with E-state index in [1.165, 1.54) is 23.3 Å². The van der Waals surface area contributed by atoms with Crippen LogP contribution in [0, 0.1) is 17.7 Å². The van der Waals surface area contributed by atoms with Crippen LogP contribution in [0.1, 0.15) is 73.3 Å². The fourth-order valence-corrected chi connectivity index (χ4v) is 7.39. The van der Waals surface area contributed by atoms with Crippen LogP contribution in [0.25, 0.3) is 5.57 Å². The van der Waals surface area contributed by atoms with Crippen LogP contribution in [0.2, 0.25) is 5.02 Å². The Morgan fingerprint density at radius 3 is 2.13 bits per heavy atom. The average molecular weight is 663 g/mol. The van der Waals surface area contributed by atoms with E-state index in [1.54, 1.807) is 19.1 Å². The van der Waals surface area contributed by atoms with Crippen LogP contribution in [0.4, 0.5) is 4.39 Å². The Kier molecular flexibility index (Phi) is 12.6. The van der Waals surface area contributed by atoms with Crippen molar-refractivity contribution in [2.45, 2.75) is 63.4 Å². The molecule has 0 spiro atoms. The number of ether oxygens (including phenoxy) is 1. The Morgan fingerprint density at radius 1 is 0.957 bits per heavy atom. The lowest BCUT2D eigenvalue weighted by Crippen LogP contribution is -2.19. The fraction of sp³-hybridized carbons (Fsp3) is 0.333. The van der Waals surface area contributed by atoms with Crippen molar-refractivity contribution in [3.8, 4) is 5.75 Å². The number of sulfone groups is 1. The molecule has 4 nitrogen and oxygen atoms in total. The van der Waals surface area contributed by atoms with E-state index in [0.29, 0.717) is 40.9 Å². The lowest BCUT2D eigenvalue weighted by Gasteiger charge is -2.29. The van der Waals surface area contributed by atoms with E-state index in [-0.39, 0.29) is 15.8 Å². The summed E-state index contributed by atoms with van der Waals surface area (Å²) in [5.74, 6) is 0.925. The van der Waals surface area contributed by atoms with Gasteiger partial charge in [0.15, 0.2) is 9.84 Å². The Morgan fingerprint density at radius 2 is 1.59 bits per heavy atom. The number of allylic oxidation sites excluding steroid dienone is 1. The first-order chi connectivity index (χ1) is 22.0. The number of aliphatic hydroxyl groups excluding tert-OH is 1. The van der Waals surface area contributed by atoms with Gasteiger partial charge in [-0.2, -0.15) is 0 Å². The van der Waals surface area contributed by atoms with Gasteiger partial charge in [0.2, 0.25) is 0 Å². The summed E-state index contributed by atoms with van der Waals surface area (Å²) in [6.45, 7) is 8.05. The van der Waals surface area contributed by atoms with Gasteiger partial charge in [-0.05, 0) is 97.4 Å². The fourth-order valence-electron chi connectivity index (χ4n) is 6.23. The predicted octanol–water partition coefficient (Wildman–Crippen LogP) is 9.67. The first-order valence-corrected chi connectivity index (χ1v) is 18.0. The summed E-state index contributed by atoms with van der Waals surface area (Å²) < 4.78 is 45.0. The molecular formula is C39H44ClFO4S. The van der Waals surface area contributed by atoms with E-state index >= 15 is 0 Å². The van der Waals surface area contributed by atoms with Crippen molar-refractivity contribution in [1.29, 1.82) is 0 Å². The molecule has 0 aromatic heterocycles. The summed E-state index contributed by atoms with van der Waals surface area (Å²) in [7, 11) is -3.58. The van der Waals surface area contributed by atoms with Gasteiger partial charge in [-0.15, -0.1) is 0 Å². The number of unbranched alkanes of at least 4 members (excludes halogenated alkanes) is 1. The van der Waals surface area contributed by atoms with Crippen LogP contribution in [-0.4, -0.2) is 26.4 Å². The van der Waals surface area contributed by atoms with Gasteiger partial charge in [-0.1, -0.05) is 97.4 Å². The highest BCUT2D eigenvalue weighted by Crippen LogP contribution is 2.37. The number of aliphatic hydroxyl groups is 1. The molecule has 2 atom stereocenters. The van der Waals surface area contributed by atoms with Gasteiger partial charge in [0.05, 0.1) is 23.1 Å². The molecule has 7 heteroatoms. The molecular weight excluding hydrogens is 619 g/mol. The van der Waals surface area contributed by atoms with Gasteiger partial charge < -0.3 is 9.84 Å². The normalized spacial score (nSPS) is 13.0. The molecule has 0 bridgehead atoms. The van der Waals surface area contributed by atoms with Gasteiger partial charge in [-0.25, -0.2) is 12.8 Å². The molecule has 0 radical (unpaired) electrons. The molecule has 0 aliphatic carbocycles. The molecule has 0 aliphatic rings. The van der Waals surface area contributed by atoms with E-state index in [4.69, 9.17) is 16.3 Å². The average Bonchev–Trinajstić information content (AvgIpc) is 3.04. The highest BCUT2D eigenvalue weighted by molar-refractivity contribution is 7.90. The zero-order valence-corrected chi connectivity index (χ0v) is 28.5. The maximum Gasteiger partial charge on any atom is 0.176 e. The standard InChI is InChI=1S/C39H44ClFO4S/c1-27(2)34-24-33(25-39(36(34)26-42)46(4,43)44)45-20-12-11-17-32(22-29-18-19-38(41)37(40)23-29)28(3)21-35(30-13-7-5-8-14-30)31-15-9-6-10-16-31/h5-10,13-16,18-19,23-25,28,32,35,42H,1,11-12,17,20-22,26H2,2-4H3. The van der Waals surface area contributed by atoms with Crippen LogP contribution in [0.15, 0.2) is 102 Å². The number of rotatable bonds is 16. The number of hydrogen-bond donors (Lipinski definition) is 1. The minimum Gasteiger partial charge on any atom is -0.494 e. The van der Waals surface area contributed by atoms with Crippen molar-refractivity contribution in [3.63, 3.8) is 0 Å². The Labute approximate surface area is 278 Å². The lowest BCUT2D eigenvalue weighted by atomic mass is 9.76. The third-order valence-corrected chi connectivity index (χ3v) is 10.2. The van der Waals surface area contributed by atoms with Crippen LogP contribution >= 0.6 is 11.6 Å². The van der Waals surface area contributed by atoms with Crippen LogP contribution in [0.5, 0.6) is 5.75 Å². The van der Waals surface area contributed by atoms with E-state index in [9.17, 15) is 17.9 Å². The van der Waals surface area contributed by atoms with Gasteiger partial charge in [-0.3, -0.25) is 0 Å². The van der Waals surface area contributed by atoms with Crippen molar-refractivity contribution in [2.24, 2.45) is 11.8 Å². The van der Waals surface area contributed by atoms with E-state index in [1.807, 2.05) is 18.2 Å². The summed E-state index contributed by atoms with van der Waals surface area (Å²) in [5.41, 5.74) is 5.16. The molecule has 0 amide bonds. The van der Waals surface area contributed by atoms with Gasteiger partial charge in [0.25, 0.3) is 0 Å². The van der Waals surface area contributed by atoms with Crippen LogP contribution in [0.3, 0.4) is 0 Å². The first kappa shape index (κ1) is 35.4. The topological polar surface area (TPSA) is 63.6 Å². The molecule has 0 saturated heterocycles. The second kappa shape index (κ2) is 16.4. The maximum atomic E-state index is 14.0. The van der Waals surface area contributed by atoms with Crippen molar-refractivity contribution in [3.05, 3.63) is 136 Å². The molecule has 2 unspecified atom stereocenters. The summed E-state index contributed by atoms with van der Waals surface area (Å²) in [5, 5.41) is 10.0. The Balaban J connectivity index is 1.49. The van der Waals surface area contributed by atoms with Crippen molar-refractivity contribution >= 4 is 27.0 Å². The minimum atomic E-state index is -3.58. The summed E-state index contributed by atoms with van der Waals surface area (Å²) in [6, 6.07) is 29.4. The van der Waals surface area contributed by atoms with E-state index in [2.05, 4.69) is 62.0 Å². The van der Waals surface area contributed by atoms with Gasteiger partial charge in [0, 0.05) is 17.7 Å². The summed E-state index contributed by atoms with van der Waals surface area (Å²) >= 11 is 6.17. The highest BCUT2D eigenvalue weighted by Gasteiger charge is 2.24. The maximum absolute atomic E-state index is 14.0. The number of benzene rings is 4. The summed E-state index contributed by atoms with van der Waals surface area (Å²) in [4.78, 5) is 0.0590. The van der Waals surface area contributed by atoms with Crippen LogP contribution < -0.4 is 4.74 Å². The first-order valence-electron chi connectivity index (χ1n) is 15.8. The number of hydrogen-bond acceptors (Lipinski definition) is 4. The Bertz CT molecular complexity index is 1670. The lowest BCUT2D eigenvalue weighted by molar-refractivity contribution is 0.268. The van der Waals surface area contributed by atoms with Crippen LogP contribution in [-0.2, 0) is 22.9 Å². The summed E-state index contributed by atoms with van der Waals surface area (Å²) in [6.07, 6.45) is 5.47. The van der Waals surface area contributed by atoms with E-state index < -0.39 is 22.3 Å². The molecule has 0 aliphatic heterocycles. The zero-order chi connectivity index (χ0) is 33.3. The molecule has 4 aromatic carbocycles. The molecule has 1 N–H and O–H groups in total. The zero-order valence-electron chi connectivity index (χ0n) is 26.9. The SMILES string of the molecule is C=C(C)c1cc(OCCCCC(Cc2ccc(F)c(Cl)c2)C(C)CC(c2ccccc2)c2ccccc2)cc(S(C)(=O)=O)c1CO. The third-order valence-electron chi connectivity index (χ3n) is 8.74. The second-order valence-corrected chi connectivity index (χ2v) is 14.7. The number of halogens is 2. The van der Waals surface area contributed by atoms with Crippen molar-refractivity contribution in [1.82, 2.24) is 0 Å². The molecule has 4 aromatic rings. The molecule has 4 rings (SSSR count). The molecule has 0 saturated carbocycles. The quantitative estimate of drug-likeness (QED) is 0.121. The second-order valence-electron chi connectivity index (χ2n) is 12.3. The smallest absolute Gasteiger partial charge is 0.176 e. The van der Waals surface area contributed by atoms with Crippen molar-refractivity contribution in [2.75, 3.05) is 12.9 Å². The minimum absolute atomic E-state index is 0.0590. The monoisotopic (exact) mass is 662 g/mol. The molecule has 0 heterocycles. The van der Waals surface area contributed by atoms with Gasteiger partial charge in [0.1, 0.15) is 11.6 Å². The highest BCUT2D eigenvalue weighted by atomic mass is 35.5. The molecule has 46 heavy (non-hydrogen) atoms. The van der Waals surface area contributed by atoms with E-state index in [0.717, 1.165) is 43.9 Å². The van der Waals surface area contributed by atoms with Crippen molar-refractivity contribution < 1.29 is 22.7 Å². The molecule has 0 fully saturated rings. The Hall–Kier alpha value is -3.45. The third kappa shape index (κ3) is 9.54. The van der Waals surface area contributed by atoms with Gasteiger partial charge >= 0.3 is 0 Å².